The number of aryl methyl sites for hydroxylation is 1. The molecule has 2 aromatic carbocycles. The maximum atomic E-state index is 13.6. The molecule has 2 rings (SSSR count). The van der Waals surface area contributed by atoms with E-state index in [1.165, 1.54) is 6.07 Å². The van der Waals surface area contributed by atoms with E-state index in [4.69, 9.17) is 4.74 Å². The first-order valence-corrected chi connectivity index (χ1v) is 7.60. The maximum absolute atomic E-state index is 13.6. The molecule has 0 fully saturated rings. The fourth-order valence-electron chi connectivity index (χ4n) is 2.43. The lowest BCUT2D eigenvalue weighted by Crippen LogP contribution is -2.19. The van der Waals surface area contributed by atoms with E-state index in [9.17, 15) is 4.39 Å². The molecule has 112 valence electrons. The molecule has 0 radical (unpaired) electrons. The summed E-state index contributed by atoms with van der Waals surface area (Å²) in [6.07, 6.45) is 0.709. The van der Waals surface area contributed by atoms with Crippen molar-refractivity contribution in [1.29, 1.82) is 0 Å². The zero-order valence-electron chi connectivity index (χ0n) is 12.4. The Morgan fingerprint density at radius 3 is 2.67 bits per heavy atom. The molecule has 0 aliphatic heterocycles. The molecule has 0 spiro atoms. The highest BCUT2D eigenvalue weighted by Gasteiger charge is 2.14. The van der Waals surface area contributed by atoms with Gasteiger partial charge in [0.05, 0.1) is 11.6 Å². The number of hydrogen-bond donors (Lipinski definition) is 1. The van der Waals surface area contributed by atoms with Crippen LogP contribution < -0.4 is 10.1 Å². The summed E-state index contributed by atoms with van der Waals surface area (Å²) in [6, 6.07) is 11.4. The Balaban J connectivity index is 2.28. The number of likely N-dealkylation sites (N-methyl/N-ethyl adjacent to an activating group) is 1. The third kappa shape index (κ3) is 3.63. The minimum Gasteiger partial charge on any atom is -0.496 e. The smallest absolute Gasteiger partial charge is 0.137 e. The molecule has 0 saturated carbocycles. The van der Waals surface area contributed by atoms with E-state index in [-0.39, 0.29) is 11.9 Å². The van der Waals surface area contributed by atoms with Crippen LogP contribution >= 0.6 is 15.9 Å². The quantitative estimate of drug-likeness (QED) is 0.861. The van der Waals surface area contributed by atoms with Gasteiger partial charge in [0.2, 0.25) is 0 Å². The number of hydrogen-bond acceptors (Lipinski definition) is 2. The topological polar surface area (TPSA) is 21.3 Å². The van der Waals surface area contributed by atoms with Crippen molar-refractivity contribution in [3.63, 3.8) is 0 Å². The van der Waals surface area contributed by atoms with Crippen molar-refractivity contribution in [2.45, 2.75) is 19.4 Å². The second kappa shape index (κ2) is 7.05. The van der Waals surface area contributed by atoms with Gasteiger partial charge >= 0.3 is 0 Å². The number of benzene rings is 2. The highest BCUT2D eigenvalue weighted by molar-refractivity contribution is 9.10. The minimum absolute atomic E-state index is 0.118. The third-order valence-electron chi connectivity index (χ3n) is 3.63. The van der Waals surface area contributed by atoms with Crippen LogP contribution in [0.4, 0.5) is 4.39 Å². The van der Waals surface area contributed by atoms with Crippen molar-refractivity contribution in [2.24, 2.45) is 0 Å². The number of nitrogens with one attached hydrogen (secondary N) is 1. The van der Waals surface area contributed by atoms with Crippen LogP contribution in [0.1, 0.15) is 22.7 Å². The summed E-state index contributed by atoms with van der Waals surface area (Å²) in [7, 11) is 3.58. The van der Waals surface area contributed by atoms with E-state index >= 15 is 0 Å². The first-order chi connectivity index (χ1) is 10.1. The lowest BCUT2D eigenvalue weighted by atomic mass is 9.97. The fourth-order valence-corrected chi connectivity index (χ4v) is 2.86. The summed E-state index contributed by atoms with van der Waals surface area (Å²) in [5.74, 6) is 0.647. The summed E-state index contributed by atoms with van der Waals surface area (Å²) in [4.78, 5) is 0. The van der Waals surface area contributed by atoms with E-state index in [2.05, 4.69) is 27.3 Å². The molecule has 2 nitrogen and oxygen atoms in total. The van der Waals surface area contributed by atoms with Crippen molar-refractivity contribution in [1.82, 2.24) is 5.32 Å². The van der Waals surface area contributed by atoms with Crippen molar-refractivity contribution < 1.29 is 9.13 Å². The molecular weight excluding hydrogens is 333 g/mol. The zero-order chi connectivity index (χ0) is 15.4. The molecule has 1 N–H and O–H groups in total. The summed E-state index contributed by atoms with van der Waals surface area (Å²) in [5, 5.41) is 3.29. The van der Waals surface area contributed by atoms with Gasteiger partial charge in [0.1, 0.15) is 11.6 Å². The van der Waals surface area contributed by atoms with Crippen LogP contribution in [0.25, 0.3) is 0 Å². The molecule has 0 bridgehead atoms. The van der Waals surface area contributed by atoms with Gasteiger partial charge < -0.3 is 10.1 Å². The Bertz CT molecular complexity index is 630. The van der Waals surface area contributed by atoms with Crippen LogP contribution in [-0.2, 0) is 6.42 Å². The SMILES string of the molecule is CNC(Cc1cccc(F)c1Br)c1ccc(OC)c(C)c1. The van der Waals surface area contributed by atoms with Crippen molar-refractivity contribution in [3.05, 3.63) is 63.4 Å². The number of ether oxygens (including phenoxy) is 1. The Hall–Kier alpha value is -1.39. The van der Waals surface area contributed by atoms with E-state index in [0.717, 1.165) is 22.4 Å². The molecule has 0 amide bonds. The van der Waals surface area contributed by atoms with E-state index in [1.54, 1.807) is 13.2 Å². The van der Waals surface area contributed by atoms with E-state index in [1.807, 2.05) is 32.2 Å². The molecule has 0 saturated heterocycles. The fraction of sp³-hybridized carbons (Fsp3) is 0.294. The molecule has 4 heteroatoms. The Morgan fingerprint density at radius 2 is 2.05 bits per heavy atom. The van der Waals surface area contributed by atoms with Crippen LogP contribution in [0.2, 0.25) is 0 Å². The number of rotatable bonds is 5. The van der Waals surface area contributed by atoms with Gasteiger partial charge in [-0.2, -0.15) is 0 Å². The second-order valence-corrected chi connectivity index (χ2v) is 5.78. The lowest BCUT2D eigenvalue weighted by Gasteiger charge is -2.19. The van der Waals surface area contributed by atoms with Crippen LogP contribution in [0, 0.1) is 12.7 Å². The number of methoxy groups -OCH3 is 1. The Labute approximate surface area is 133 Å². The lowest BCUT2D eigenvalue weighted by molar-refractivity contribution is 0.411. The largest absolute Gasteiger partial charge is 0.496 e. The second-order valence-electron chi connectivity index (χ2n) is 4.99. The summed E-state index contributed by atoms with van der Waals surface area (Å²) in [5.41, 5.74) is 3.20. The molecule has 21 heavy (non-hydrogen) atoms. The molecular formula is C17H19BrFNO. The van der Waals surface area contributed by atoms with Crippen molar-refractivity contribution in [3.8, 4) is 5.75 Å². The van der Waals surface area contributed by atoms with Crippen LogP contribution in [0.5, 0.6) is 5.75 Å². The predicted octanol–water partition coefficient (Wildman–Crippen LogP) is 4.41. The van der Waals surface area contributed by atoms with Gasteiger partial charge in [0, 0.05) is 6.04 Å². The van der Waals surface area contributed by atoms with Gasteiger partial charge in [-0.1, -0.05) is 24.3 Å². The third-order valence-corrected chi connectivity index (χ3v) is 4.51. The van der Waals surface area contributed by atoms with Crippen LogP contribution in [0.3, 0.4) is 0 Å². The normalized spacial score (nSPS) is 12.2. The summed E-state index contributed by atoms with van der Waals surface area (Å²) < 4.78 is 19.4. The highest BCUT2D eigenvalue weighted by atomic mass is 79.9. The van der Waals surface area contributed by atoms with Crippen molar-refractivity contribution in [2.75, 3.05) is 14.2 Å². The Morgan fingerprint density at radius 1 is 1.29 bits per heavy atom. The molecule has 0 aliphatic carbocycles. The molecule has 0 heterocycles. The van der Waals surface area contributed by atoms with Gasteiger partial charge in [0.15, 0.2) is 0 Å². The van der Waals surface area contributed by atoms with E-state index < -0.39 is 0 Å². The van der Waals surface area contributed by atoms with Crippen LogP contribution in [-0.4, -0.2) is 14.2 Å². The predicted molar refractivity (Wildman–Crippen MR) is 87.3 cm³/mol. The monoisotopic (exact) mass is 351 g/mol. The van der Waals surface area contributed by atoms with Gasteiger partial charge in [-0.25, -0.2) is 4.39 Å². The minimum atomic E-state index is -0.228. The molecule has 0 aromatic heterocycles. The van der Waals surface area contributed by atoms with Gasteiger partial charge in [-0.3, -0.25) is 0 Å². The molecule has 1 atom stereocenters. The highest BCUT2D eigenvalue weighted by Crippen LogP contribution is 2.28. The molecule has 0 aliphatic rings. The van der Waals surface area contributed by atoms with Gasteiger partial charge in [-0.15, -0.1) is 0 Å². The van der Waals surface area contributed by atoms with Gasteiger partial charge in [0.25, 0.3) is 0 Å². The summed E-state index contributed by atoms with van der Waals surface area (Å²) >= 11 is 3.32. The van der Waals surface area contributed by atoms with Crippen LogP contribution in [0.15, 0.2) is 40.9 Å². The average Bonchev–Trinajstić information content (AvgIpc) is 2.48. The van der Waals surface area contributed by atoms with E-state index in [0.29, 0.717) is 10.9 Å². The standard InChI is InChI=1S/C17H19BrFNO/c1-11-9-12(7-8-16(11)21-3)15(20-2)10-13-5-4-6-14(19)17(13)18/h4-9,15,20H,10H2,1-3H3. The maximum Gasteiger partial charge on any atom is 0.137 e. The first-order valence-electron chi connectivity index (χ1n) is 6.81. The summed E-state index contributed by atoms with van der Waals surface area (Å²) in [6.45, 7) is 2.02. The average molecular weight is 352 g/mol. The number of halogens is 2. The van der Waals surface area contributed by atoms with Crippen molar-refractivity contribution >= 4 is 15.9 Å². The first kappa shape index (κ1) is 16.0. The molecule has 1 unspecified atom stereocenters. The van der Waals surface area contributed by atoms with Gasteiger partial charge in [-0.05, 0) is 65.1 Å². The molecule has 2 aromatic rings. The zero-order valence-corrected chi connectivity index (χ0v) is 14.0. The Kier molecular flexibility index (Phi) is 5.37.